The number of hydrogen-bond donors (Lipinski definition) is 2. The summed E-state index contributed by atoms with van der Waals surface area (Å²) >= 11 is 19.1. The molecule has 3 aromatic rings. The van der Waals surface area contributed by atoms with Crippen molar-refractivity contribution in [2.45, 2.75) is 13.5 Å². The number of nitrogens with zero attached hydrogens (tertiary/aromatic N) is 3. The van der Waals surface area contributed by atoms with Crippen molar-refractivity contribution in [2.75, 3.05) is 17.7 Å². The Morgan fingerprint density at radius 1 is 1.32 bits per heavy atom. The number of nitrogens with one attached hydrogen (secondary N) is 2. The highest BCUT2D eigenvalue weighted by atomic mass is 35.5. The molecule has 146 valence electrons. The van der Waals surface area contributed by atoms with Crippen molar-refractivity contribution in [3.8, 4) is 0 Å². The number of carbonyl (C=O) groups excluding carboxylic acids is 1. The van der Waals surface area contributed by atoms with E-state index < -0.39 is 5.97 Å². The summed E-state index contributed by atoms with van der Waals surface area (Å²) in [6, 6.07) is 7.04. The van der Waals surface area contributed by atoms with Gasteiger partial charge in [0, 0.05) is 20.5 Å². The molecule has 0 aliphatic rings. The summed E-state index contributed by atoms with van der Waals surface area (Å²) in [7, 11) is 1.33. The molecule has 0 spiro atoms. The van der Waals surface area contributed by atoms with Crippen molar-refractivity contribution >= 4 is 68.8 Å². The van der Waals surface area contributed by atoms with Gasteiger partial charge in [-0.3, -0.25) is 5.32 Å². The smallest absolute Gasteiger partial charge is 0.340 e. The van der Waals surface area contributed by atoms with Gasteiger partial charge in [-0.05, 0) is 37.3 Å². The molecule has 0 aliphatic carbocycles. The summed E-state index contributed by atoms with van der Waals surface area (Å²) in [4.78, 5) is 17.0. The number of halogens is 2. The van der Waals surface area contributed by atoms with Gasteiger partial charge in [-0.15, -0.1) is 16.4 Å². The van der Waals surface area contributed by atoms with Crippen molar-refractivity contribution in [3.05, 3.63) is 56.6 Å². The first-order valence-corrected chi connectivity index (χ1v) is 9.94. The number of anilines is 2. The molecule has 0 atom stereocenters. The summed E-state index contributed by atoms with van der Waals surface area (Å²) < 4.78 is 6.37. The van der Waals surface area contributed by atoms with Crippen LogP contribution in [0.1, 0.15) is 20.8 Å². The first-order valence-electron chi connectivity index (χ1n) is 7.96. The highest BCUT2D eigenvalue weighted by Crippen LogP contribution is 2.28. The normalized spacial score (nSPS) is 10.6. The molecule has 0 saturated heterocycles. The molecule has 0 saturated carbocycles. The molecular formula is C17H15Cl2N5O2S2. The number of esters is 1. The molecule has 0 aliphatic heterocycles. The summed E-state index contributed by atoms with van der Waals surface area (Å²) in [5.41, 5.74) is 1.17. The molecule has 0 bridgehead atoms. The van der Waals surface area contributed by atoms with Crippen molar-refractivity contribution in [1.82, 2.24) is 14.8 Å². The van der Waals surface area contributed by atoms with Crippen LogP contribution in [0.2, 0.25) is 10.0 Å². The molecule has 1 aromatic carbocycles. The number of aryl methyl sites for hydroxylation is 1. The van der Waals surface area contributed by atoms with Gasteiger partial charge in [-0.1, -0.05) is 29.3 Å². The Kier molecular flexibility index (Phi) is 6.50. The number of methoxy groups -OCH3 is 1. The van der Waals surface area contributed by atoms with Gasteiger partial charge in [0.2, 0.25) is 5.95 Å². The molecule has 28 heavy (non-hydrogen) atoms. The lowest BCUT2D eigenvalue weighted by Gasteiger charge is -2.08. The van der Waals surface area contributed by atoms with Crippen LogP contribution >= 0.6 is 46.8 Å². The molecule has 0 radical (unpaired) electrons. The van der Waals surface area contributed by atoms with E-state index in [9.17, 15) is 4.79 Å². The lowest BCUT2D eigenvalue weighted by molar-refractivity contribution is 0.0602. The summed E-state index contributed by atoms with van der Waals surface area (Å²) in [5.74, 6) is -0.137. The van der Waals surface area contributed by atoms with E-state index in [-0.39, 0.29) is 5.11 Å². The Morgan fingerprint density at radius 2 is 2.04 bits per heavy atom. The molecule has 7 nitrogen and oxygen atoms in total. The van der Waals surface area contributed by atoms with Gasteiger partial charge in [0.15, 0.2) is 5.11 Å². The van der Waals surface area contributed by atoms with E-state index in [4.69, 9.17) is 40.2 Å². The second-order valence-electron chi connectivity index (χ2n) is 5.64. The number of thiocarbonyl (C=S) groups is 1. The van der Waals surface area contributed by atoms with Crippen LogP contribution in [0, 0.1) is 6.92 Å². The average molecular weight is 456 g/mol. The molecular weight excluding hydrogens is 441 g/mol. The molecule has 0 unspecified atom stereocenters. The molecule has 2 N–H and O–H groups in total. The highest BCUT2D eigenvalue weighted by molar-refractivity contribution is 7.80. The van der Waals surface area contributed by atoms with Crippen LogP contribution in [0.15, 0.2) is 30.6 Å². The second kappa shape index (κ2) is 8.87. The van der Waals surface area contributed by atoms with Crippen LogP contribution in [-0.2, 0) is 11.3 Å². The standard InChI is InChI=1S/C17H15Cl2N5O2S2/c1-9-6-10(15(25)26-2)14(28-9)21-17(27)22-16-20-8-24(23-16)7-11-12(18)4-3-5-13(11)19/h3-6,8H,7H2,1-2H3,(H2,21,22,23,27). The highest BCUT2D eigenvalue weighted by Gasteiger charge is 2.17. The zero-order valence-electron chi connectivity index (χ0n) is 14.8. The van der Waals surface area contributed by atoms with Crippen LogP contribution in [0.25, 0.3) is 0 Å². The lowest BCUT2D eigenvalue weighted by atomic mass is 10.2. The Morgan fingerprint density at radius 3 is 2.71 bits per heavy atom. The van der Waals surface area contributed by atoms with Crippen molar-refractivity contribution in [1.29, 1.82) is 0 Å². The number of aromatic nitrogens is 3. The van der Waals surface area contributed by atoms with Gasteiger partial charge in [0.25, 0.3) is 0 Å². The molecule has 11 heteroatoms. The van der Waals surface area contributed by atoms with Crippen LogP contribution < -0.4 is 10.6 Å². The Hall–Kier alpha value is -2.20. The molecule has 2 aromatic heterocycles. The fraction of sp³-hybridized carbons (Fsp3) is 0.176. The summed E-state index contributed by atoms with van der Waals surface area (Å²) in [6.45, 7) is 2.26. The topological polar surface area (TPSA) is 81.1 Å². The number of carbonyl (C=O) groups is 1. The number of ether oxygens (including phenoxy) is 1. The molecule has 0 fully saturated rings. The van der Waals surface area contributed by atoms with Crippen molar-refractivity contribution in [3.63, 3.8) is 0 Å². The van der Waals surface area contributed by atoms with Crippen molar-refractivity contribution < 1.29 is 9.53 Å². The monoisotopic (exact) mass is 455 g/mol. The first-order chi connectivity index (χ1) is 13.4. The van der Waals surface area contributed by atoms with E-state index in [1.54, 1.807) is 35.3 Å². The maximum absolute atomic E-state index is 11.9. The Balaban J connectivity index is 1.67. The van der Waals surface area contributed by atoms with Crippen LogP contribution in [0.3, 0.4) is 0 Å². The predicted octanol–water partition coefficient (Wildman–Crippen LogP) is 4.60. The van der Waals surface area contributed by atoms with E-state index in [0.717, 1.165) is 10.4 Å². The van der Waals surface area contributed by atoms with E-state index in [1.165, 1.54) is 18.4 Å². The molecule has 2 heterocycles. The molecule has 0 amide bonds. The van der Waals surface area contributed by atoms with E-state index in [1.807, 2.05) is 6.92 Å². The minimum atomic E-state index is -0.436. The van der Waals surface area contributed by atoms with Gasteiger partial charge in [0.1, 0.15) is 11.3 Å². The van der Waals surface area contributed by atoms with Crippen LogP contribution in [0.5, 0.6) is 0 Å². The first kappa shape index (κ1) is 20.5. The quantitative estimate of drug-likeness (QED) is 0.429. The van der Waals surface area contributed by atoms with E-state index >= 15 is 0 Å². The second-order valence-corrected chi connectivity index (χ2v) is 8.12. The summed E-state index contributed by atoms with van der Waals surface area (Å²) in [6.07, 6.45) is 1.54. The van der Waals surface area contributed by atoms with Crippen LogP contribution in [-0.4, -0.2) is 33.0 Å². The van der Waals surface area contributed by atoms with Gasteiger partial charge in [-0.25, -0.2) is 14.5 Å². The van der Waals surface area contributed by atoms with Gasteiger partial charge >= 0.3 is 5.97 Å². The van der Waals surface area contributed by atoms with E-state index in [0.29, 0.717) is 33.1 Å². The number of benzene rings is 1. The number of rotatable bonds is 5. The maximum Gasteiger partial charge on any atom is 0.340 e. The third-order valence-electron chi connectivity index (χ3n) is 3.63. The third-order valence-corrected chi connectivity index (χ3v) is 5.51. The van der Waals surface area contributed by atoms with Crippen LogP contribution in [0.4, 0.5) is 10.9 Å². The fourth-order valence-corrected chi connectivity index (χ4v) is 4.06. The minimum absolute atomic E-state index is 0.250. The minimum Gasteiger partial charge on any atom is -0.465 e. The van der Waals surface area contributed by atoms with Gasteiger partial charge in [-0.2, -0.15) is 0 Å². The van der Waals surface area contributed by atoms with Crippen molar-refractivity contribution in [2.24, 2.45) is 0 Å². The fourth-order valence-electron chi connectivity index (χ4n) is 2.38. The van der Waals surface area contributed by atoms with Gasteiger partial charge in [0.05, 0.1) is 19.2 Å². The third kappa shape index (κ3) is 4.79. The Bertz CT molecular complexity index is 1010. The van der Waals surface area contributed by atoms with Gasteiger partial charge < -0.3 is 10.1 Å². The Labute approximate surface area is 180 Å². The summed E-state index contributed by atoms with van der Waals surface area (Å²) in [5, 5.41) is 12.1. The zero-order chi connectivity index (χ0) is 20.3. The number of thiophene rings is 1. The lowest BCUT2D eigenvalue weighted by Crippen LogP contribution is -2.20. The predicted molar refractivity (Wildman–Crippen MR) is 116 cm³/mol. The average Bonchev–Trinajstić information content (AvgIpc) is 3.23. The maximum atomic E-state index is 11.9. The number of hydrogen-bond acceptors (Lipinski definition) is 6. The molecule has 3 rings (SSSR count). The largest absolute Gasteiger partial charge is 0.465 e. The van der Waals surface area contributed by atoms with E-state index in [2.05, 4.69) is 20.7 Å². The SMILES string of the molecule is COC(=O)c1cc(C)sc1NC(=S)Nc1ncn(Cc2c(Cl)cccc2Cl)n1. The zero-order valence-corrected chi connectivity index (χ0v) is 18.0.